The van der Waals surface area contributed by atoms with E-state index in [9.17, 15) is 28.8 Å². The van der Waals surface area contributed by atoms with E-state index in [0.717, 1.165) is 99.8 Å². The van der Waals surface area contributed by atoms with Crippen LogP contribution in [0.25, 0.3) is 44.3 Å². The first kappa shape index (κ1) is 67.0. The number of hydrogen-bond donors (Lipinski definition) is 1. The van der Waals surface area contributed by atoms with Gasteiger partial charge in [-0.05, 0) is 131 Å². The van der Waals surface area contributed by atoms with Crippen LogP contribution in [0.5, 0.6) is 11.8 Å². The van der Waals surface area contributed by atoms with Gasteiger partial charge in [0, 0.05) is 57.1 Å². The molecule has 480 valence electrons. The number of hydrogen-bond acceptors (Lipinski definition) is 14. The lowest BCUT2D eigenvalue weighted by Crippen LogP contribution is -2.49. The molecule has 4 aliphatic heterocycles. The number of halogens is 3. The van der Waals surface area contributed by atoms with Crippen LogP contribution in [0.1, 0.15) is 124 Å². The summed E-state index contributed by atoms with van der Waals surface area (Å²) in [5.74, 6) is -0.675. The number of pyridine rings is 1. The van der Waals surface area contributed by atoms with E-state index in [1.165, 1.54) is 0 Å². The molecule has 12 rings (SSSR count). The van der Waals surface area contributed by atoms with E-state index in [-0.39, 0.29) is 105 Å². The molecule has 6 aliphatic rings. The topological polar surface area (TPSA) is 211 Å². The summed E-state index contributed by atoms with van der Waals surface area (Å²) < 4.78 is 26.0. The maximum absolute atomic E-state index is 14.1. The average molecular weight is 1390 g/mol. The highest BCUT2D eigenvalue weighted by molar-refractivity contribution is 9.10. The van der Waals surface area contributed by atoms with Gasteiger partial charge in [0.2, 0.25) is 23.6 Å². The lowest BCUT2D eigenvalue weighted by Gasteiger charge is -2.27. The van der Waals surface area contributed by atoms with Crippen LogP contribution in [-0.4, -0.2) is 117 Å². The Labute approximate surface area is 555 Å². The summed E-state index contributed by atoms with van der Waals surface area (Å²) in [4.78, 5) is 100. The van der Waals surface area contributed by atoms with Crippen LogP contribution in [0, 0.1) is 28.6 Å². The van der Waals surface area contributed by atoms with Crippen molar-refractivity contribution in [2.75, 3.05) is 26.3 Å². The number of ketones is 2. The van der Waals surface area contributed by atoms with E-state index in [1.807, 2.05) is 104 Å². The third kappa shape index (κ3) is 15.3. The Hall–Kier alpha value is -6.86. The van der Waals surface area contributed by atoms with Gasteiger partial charge in [-0.2, -0.15) is 0 Å². The van der Waals surface area contributed by atoms with Crippen LogP contribution >= 0.6 is 44.3 Å². The quantitative estimate of drug-likeness (QED) is 0.0999. The first-order valence-electron chi connectivity index (χ1n) is 32.2. The zero-order chi connectivity index (χ0) is 63.1. The summed E-state index contributed by atoms with van der Waals surface area (Å²) in [5, 5.41) is 0.996. The molecule has 6 aromatic rings. The molecule has 6 heterocycles. The number of Topliss-reactive ketones (excluding diaryl/α,β-unsaturated/α-hetero) is 2. The Morgan fingerprint density at radius 2 is 1.10 bits per heavy atom. The molecule has 0 unspecified atom stereocenters. The lowest BCUT2D eigenvalue weighted by atomic mass is 9.91. The number of nitrogens with two attached hydrogens (primary N) is 1. The summed E-state index contributed by atoms with van der Waals surface area (Å²) in [6.45, 7) is 6.52. The van der Waals surface area contributed by atoms with E-state index in [2.05, 4.69) is 62.2 Å². The average Bonchev–Trinajstić information content (AvgIpc) is 1.60. The largest absolute Gasteiger partial charge is 0.472 e. The first-order chi connectivity index (χ1) is 43.6. The number of benzene rings is 4. The molecule has 10 atom stereocenters. The molecule has 2 amide bonds. The Balaban J connectivity index is 0.000000198. The van der Waals surface area contributed by atoms with Gasteiger partial charge in [-0.1, -0.05) is 143 Å². The molecule has 2 aliphatic carbocycles. The van der Waals surface area contributed by atoms with Crippen molar-refractivity contribution in [3.63, 3.8) is 0 Å². The fourth-order valence-electron chi connectivity index (χ4n) is 13.7. The van der Waals surface area contributed by atoms with Gasteiger partial charge in [-0.15, -0.1) is 12.4 Å². The number of aromatic nitrogens is 3. The number of esters is 2. The summed E-state index contributed by atoms with van der Waals surface area (Å²) in [6, 6.07) is 31.2. The van der Waals surface area contributed by atoms with Crippen LogP contribution in [-0.2, 0) is 38.2 Å². The zero-order valence-electron chi connectivity index (χ0n) is 51.9. The Bertz CT molecular complexity index is 3500. The van der Waals surface area contributed by atoms with Gasteiger partial charge in [0.15, 0.2) is 11.6 Å². The standard InChI is InChI=1S/C37H41BrN2O5.C35H39BrN4O5.ClH/c1-3-44-36(43)37-21-27(37)15-8-6-4-5-7-12-24(2)35(42)40-23-29(20-32(40)33(41)22-37)45-34-30(25-14-11-16-28(38)18-25)19-26-13-9-10-17-31(26)39-34;1-2-44-34(43)35-19-23(35)12-6-4-3-5-7-14-26(37)33(42)40-21-25(18-29(40)30(41)20-35)45-32-31(22-11-10-13-24(36)17-22)38-27-15-8-9-16-28(27)39-32;/h8-11,13-19,24,27,29,32H,3-7,12,20-23H2,1-2H3;6,8-13,15-17,23,25-26,29H,2-5,7,14,18-21,37H2,1H3;1H/b15-8-;12-6-;/t24-,27+,29+,32-,37+;23-,25-,26+,29+,35-;/m01./s1. The second kappa shape index (κ2) is 29.8. The van der Waals surface area contributed by atoms with Gasteiger partial charge >= 0.3 is 11.9 Å². The van der Waals surface area contributed by atoms with Gasteiger partial charge in [-0.25, -0.2) is 15.0 Å². The van der Waals surface area contributed by atoms with Crippen LogP contribution in [0.2, 0.25) is 0 Å². The first-order valence-corrected chi connectivity index (χ1v) is 33.8. The van der Waals surface area contributed by atoms with Crippen LogP contribution in [0.15, 0.2) is 136 Å². The molecule has 91 heavy (non-hydrogen) atoms. The smallest absolute Gasteiger partial charge is 0.313 e. The van der Waals surface area contributed by atoms with E-state index in [0.29, 0.717) is 55.2 Å². The van der Waals surface area contributed by atoms with Crippen molar-refractivity contribution in [1.29, 1.82) is 0 Å². The van der Waals surface area contributed by atoms with Crippen LogP contribution in [0.3, 0.4) is 0 Å². The molecule has 2 saturated heterocycles. The minimum Gasteiger partial charge on any atom is -0.472 e. The minimum absolute atomic E-state index is 0. The number of carbonyl (C=O) groups is 6. The molecule has 0 radical (unpaired) electrons. The second-order valence-electron chi connectivity index (χ2n) is 25.2. The lowest BCUT2D eigenvalue weighted by molar-refractivity contribution is -0.153. The summed E-state index contributed by atoms with van der Waals surface area (Å²) in [6.07, 6.45) is 18.3. The van der Waals surface area contributed by atoms with E-state index >= 15 is 0 Å². The number of ether oxygens (including phenoxy) is 4. The zero-order valence-corrected chi connectivity index (χ0v) is 55.9. The molecule has 2 aromatic heterocycles. The fraction of sp³-hybridized carbons (Fsp3) is 0.458. The van der Waals surface area contributed by atoms with Gasteiger partial charge < -0.3 is 34.5 Å². The molecule has 4 fully saturated rings. The van der Waals surface area contributed by atoms with Gasteiger partial charge in [0.25, 0.3) is 0 Å². The number of nitrogens with zero attached hydrogens (tertiary/aromatic N) is 5. The summed E-state index contributed by atoms with van der Waals surface area (Å²) in [5.41, 5.74) is 10.1. The molecular weight excluding hydrogens is 1300 g/mol. The third-order valence-corrected chi connectivity index (χ3v) is 19.8. The van der Waals surface area contributed by atoms with Crippen LogP contribution < -0.4 is 15.2 Å². The second-order valence-corrected chi connectivity index (χ2v) is 27.0. The monoisotopic (exact) mass is 1380 g/mol. The number of para-hydroxylation sites is 3. The van der Waals surface area contributed by atoms with Crippen molar-refractivity contribution in [3.8, 4) is 34.1 Å². The Morgan fingerprint density at radius 3 is 1.68 bits per heavy atom. The Kier molecular flexibility index (Phi) is 22.0. The van der Waals surface area contributed by atoms with Crippen LogP contribution in [0.4, 0.5) is 0 Å². The molecule has 16 nitrogen and oxygen atoms in total. The maximum atomic E-state index is 14.1. The molecule has 2 saturated carbocycles. The van der Waals surface area contributed by atoms with Gasteiger partial charge in [0.05, 0.1) is 71.8 Å². The molecule has 0 bridgehead atoms. The van der Waals surface area contributed by atoms with Crippen molar-refractivity contribution in [2.24, 2.45) is 34.3 Å². The van der Waals surface area contributed by atoms with Gasteiger partial charge in [-0.3, -0.25) is 28.8 Å². The third-order valence-electron chi connectivity index (χ3n) is 18.8. The van der Waals surface area contributed by atoms with E-state index in [1.54, 1.807) is 23.6 Å². The predicted octanol–water partition coefficient (Wildman–Crippen LogP) is 13.9. The number of fused-ring (bicyclic) bond motifs is 6. The van der Waals surface area contributed by atoms with Crippen molar-refractivity contribution in [2.45, 2.75) is 154 Å². The number of allylic oxidation sites excluding steroid dienone is 4. The van der Waals surface area contributed by atoms with E-state index in [4.69, 9.17) is 39.6 Å². The maximum Gasteiger partial charge on any atom is 0.313 e. The summed E-state index contributed by atoms with van der Waals surface area (Å²) in [7, 11) is 0. The fourth-order valence-corrected chi connectivity index (χ4v) is 14.5. The van der Waals surface area contributed by atoms with Crippen molar-refractivity contribution in [1.82, 2.24) is 24.8 Å². The number of rotatable bonds is 10. The summed E-state index contributed by atoms with van der Waals surface area (Å²) >= 11 is 7.13. The van der Waals surface area contributed by atoms with Crippen molar-refractivity contribution >= 4 is 102 Å². The Morgan fingerprint density at radius 1 is 0.593 bits per heavy atom. The highest BCUT2D eigenvalue weighted by atomic mass is 79.9. The highest BCUT2D eigenvalue weighted by Crippen LogP contribution is 2.59. The molecular formula is C72H81Br2ClN6O10. The number of amides is 2. The molecule has 4 aromatic carbocycles. The van der Waals surface area contributed by atoms with Crippen molar-refractivity contribution in [3.05, 3.63) is 136 Å². The normalized spacial score (nSPS) is 27.7. The molecule has 0 spiro atoms. The van der Waals surface area contributed by atoms with Gasteiger partial charge in [0.1, 0.15) is 17.9 Å². The minimum atomic E-state index is -0.892. The molecule has 19 heteroatoms. The van der Waals surface area contributed by atoms with Crippen molar-refractivity contribution < 1.29 is 47.7 Å². The molecule has 2 N–H and O–H groups in total. The number of carbonyl (C=O) groups excluding carboxylic acids is 6. The predicted molar refractivity (Wildman–Crippen MR) is 359 cm³/mol. The van der Waals surface area contributed by atoms with E-state index < -0.39 is 41.2 Å². The highest BCUT2D eigenvalue weighted by Gasteiger charge is 2.63. The SMILES string of the molecule is CCOC(=O)[C@]12CC(=O)[C@@H]3C[C@@H](Oc4nc5ccccc5cc4-c4cccc(Br)c4)CN3C(=O)[C@@H](C)CCCCC/C=C\[C@@H]1C2.CCOC(=O)[C@]12CC(=O)[C@@H]3C[C@@H](Oc4nc5ccccc5nc4-c4cccc(Br)c4)CN3C(=O)[C@@H](N)CCCCC/C=C\[C@@H]1C2.Cl.